The first-order valence-corrected chi connectivity index (χ1v) is 7.60. The van der Waals surface area contributed by atoms with E-state index in [2.05, 4.69) is 10.6 Å². The Labute approximate surface area is 127 Å². The van der Waals surface area contributed by atoms with E-state index in [0.717, 1.165) is 13.1 Å². The van der Waals surface area contributed by atoms with Crippen LogP contribution in [0.4, 0.5) is 0 Å². The van der Waals surface area contributed by atoms with Gasteiger partial charge in [0.05, 0.1) is 39.6 Å². The van der Waals surface area contributed by atoms with Gasteiger partial charge in [-0.25, -0.2) is 0 Å². The highest BCUT2D eigenvalue weighted by molar-refractivity contribution is 5.77. The van der Waals surface area contributed by atoms with Crippen LogP contribution in [0.1, 0.15) is 13.8 Å². The summed E-state index contributed by atoms with van der Waals surface area (Å²) in [6.07, 6.45) is 0. The van der Waals surface area contributed by atoms with Crippen LogP contribution in [0.25, 0.3) is 0 Å². The molecular formula is C14H31N3O4. The second kappa shape index (κ2) is 15.7. The minimum absolute atomic E-state index is 0.0207. The molecule has 0 saturated heterocycles. The molecule has 0 aliphatic carbocycles. The van der Waals surface area contributed by atoms with Gasteiger partial charge in [0.25, 0.3) is 0 Å². The molecular weight excluding hydrogens is 274 g/mol. The molecule has 0 radical (unpaired) electrons. The largest absolute Gasteiger partial charge is 0.378 e. The SMILES string of the molecule is CC(C)C(=O)NCCOCCNCCOCCOCCN. The van der Waals surface area contributed by atoms with Crippen LogP contribution in [0.5, 0.6) is 0 Å². The fourth-order valence-electron chi connectivity index (χ4n) is 1.37. The maximum Gasteiger partial charge on any atom is 0.222 e. The van der Waals surface area contributed by atoms with E-state index >= 15 is 0 Å². The molecule has 4 N–H and O–H groups in total. The molecule has 0 aliphatic rings. The van der Waals surface area contributed by atoms with Crippen molar-refractivity contribution in [3.05, 3.63) is 0 Å². The van der Waals surface area contributed by atoms with Crippen LogP contribution in [0.2, 0.25) is 0 Å². The van der Waals surface area contributed by atoms with Crippen LogP contribution < -0.4 is 16.4 Å². The molecule has 0 aromatic rings. The molecule has 0 bridgehead atoms. The quantitative estimate of drug-likeness (QED) is 0.348. The average Bonchev–Trinajstić information content (AvgIpc) is 2.47. The minimum atomic E-state index is 0.0207. The Kier molecular flexibility index (Phi) is 15.1. The van der Waals surface area contributed by atoms with Crippen LogP contribution >= 0.6 is 0 Å². The number of rotatable bonds is 15. The number of amides is 1. The van der Waals surface area contributed by atoms with Gasteiger partial charge in [-0.1, -0.05) is 13.8 Å². The van der Waals surface area contributed by atoms with Crippen molar-refractivity contribution >= 4 is 5.91 Å². The van der Waals surface area contributed by atoms with Gasteiger partial charge >= 0.3 is 0 Å². The van der Waals surface area contributed by atoms with Crippen LogP contribution in [-0.2, 0) is 19.0 Å². The standard InChI is InChI=1S/C14H31N3O4/c1-13(2)14(18)17-6-10-20-8-4-16-5-9-21-12-11-19-7-3-15/h13,16H,3-12,15H2,1-2H3,(H,17,18). The first-order valence-electron chi connectivity index (χ1n) is 7.60. The van der Waals surface area contributed by atoms with Gasteiger partial charge in [-0.15, -0.1) is 0 Å². The highest BCUT2D eigenvalue weighted by atomic mass is 16.5. The first-order chi connectivity index (χ1) is 10.2. The summed E-state index contributed by atoms with van der Waals surface area (Å²) in [6.45, 7) is 9.95. The molecule has 0 aromatic carbocycles. The topological polar surface area (TPSA) is 94.8 Å². The van der Waals surface area contributed by atoms with Crippen molar-refractivity contribution in [2.24, 2.45) is 11.7 Å². The van der Waals surface area contributed by atoms with Crippen LogP contribution in [0.3, 0.4) is 0 Å². The minimum Gasteiger partial charge on any atom is -0.378 e. The Bertz CT molecular complexity index is 240. The average molecular weight is 305 g/mol. The molecule has 0 heterocycles. The lowest BCUT2D eigenvalue weighted by molar-refractivity contribution is -0.124. The van der Waals surface area contributed by atoms with Gasteiger partial charge in [0.15, 0.2) is 0 Å². The van der Waals surface area contributed by atoms with E-state index in [4.69, 9.17) is 19.9 Å². The third kappa shape index (κ3) is 15.5. The number of nitrogens with two attached hydrogens (primary N) is 1. The molecule has 21 heavy (non-hydrogen) atoms. The van der Waals surface area contributed by atoms with Gasteiger partial charge in [-0.05, 0) is 0 Å². The van der Waals surface area contributed by atoms with Gasteiger partial charge < -0.3 is 30.6 Å². The van der Waals surface area contributed by atoms with Gasteiger partial charge in [-0.3, -0.25) is 4.79 Å². The molecule has 0 rings (SSSR count). The number of carbonyl (C=O) groups is 1. The molecule has 0 aromatic heterocycles. The molecule has 0 unspecified atom stereocenters. The molecule has 0 spiro atoms. The summed E-state index contributed by atoms with van der Waals surface area (Å²) in [7, 11) is 0. The van der Waals surface area contributed by atoms with Crippen molar-refractivity contribution < 1.29 is 19.0 Å². The number of hydrogen-bond acceptors (Lipinski definition) is 6. The number of nitrogens with one attached hydrogen (secondary N) is 2. The smallest absolute Gasteiger partial charge is 0.222 e. The van der Waals surface area contributed by atoms with Gasteiger partial charge in [0, 0.05) is 32.1 Å². The van der Waals surface area contributed by atoms with E-state index in [1.54, 1.807) is 0 Å². The van der Waals surface area contributed by atoms with Crippen molar-refractivity contribution in [1.82, 2.24) is 10.6 Å². The zero-order valence-electron chi connectivity index (χ0n) is 13.4. The van der Waals surface area contributed by atoms with Crippen molar-refractivity contribution in [1.29, 1.82) is 0 Å². The Morgan fingerprint density at radius 1 is 0.905 bits per heavy atom. The van der Waals surface area contributed by atoms with Crippen LogP contribution in [-0.4, -0.2) is 71.7 Å². The van der Waals surface area contributed by atoms with E-state index in [1.807, 2.05) is 13.8 Å². The summed E-state index contributed by atoms with van der Waals surface area (Å²) < 4.78 is 15.9. The highest BCUT2D eigenvalue weighted by Gasteiger charge is 2.04. The van der Waals surface area contributed by atoms with E-state index in [1.165, 1.54) is 0 Å². The van der Waals surface area contributed by atoms with Crippen molar-refractivity contribution in [2.45, 2.75) is 13.8 Å². The van der Waals surface area contributed by atoms with Gasteiger partial charge in [0.2, 0.25) is 5.91 Å². The van der Waals surface area contributed by atoms with Crippen molar-refractivity contribution in [3.63, 3.8) is 0 Å². The fourth-order valence-corrected chi connectivity index (χ4v) is 1.37. The third-order valence-electron chi connectivity index (χ3n) is 2.55. The second-order valence-corrected chi connectivity index (χ2v) is 4.82. The summed E-state index contributed by atoms with van der Waals surface area (Å²) in [6, 6.07) is 0. The van der Waals surface area contributed by atoms with Gasteiger partial charge in [0.1, 0.15) is 0 Å². The van der Waals surface area contributed by atoms with E-state index in [9.17, 15) is 4.79 Å². The lowest BCUT2D eigenvalue weighted by atomic mass is 10.2. The van der Waals surface area contributed by atoms with Gasteiger partial charge in [-0.2, -0.15) is 0 Å². The normalized spacial score (nSPS) is 11.0. The molecule has 126 valence electrons. The molecule has 0 fully saturated rings. The summed E-state index contributed by atoms with van der Waals surface area (Å²) in [5, 5.41) is 6.01. The summed E-state index contributed by atoms with van der Waals surface area (Å²) in [5.41, 5.74) is 5.29. The maximum atomic E-state index is 11.3. The lowest BCUT2D eigenvalue weighted by Crippen LogP contribution is -2.31. The van der Waals surface area contributed by atoms with Crippen LogP contribution in [0.15, 0.2) is 0 Å². The number of carbonyl (C=O) groups excluding carboxylic acids is 1. The summed E-state index contributed by atoms with van der Waals surface area (Å²) in [4.78, 5) is 11.3. The molecule has 1 amide bonds. The Morgan fingerprint density at radius 3 is 2.00 bits per heavy atom. The Balaban J connectivity index is 3.04. The summed E-state index contributed by atoms with van der Waals surface area (Å²) >= 11 is 0. The molecule has 0 aliphatic heterocycles. The maximum absolute atomic E-state index is 11.3. The first kappa shape index (κ1) is 20.3. The zero-order chi connectivity index (χ0) is 15.8. The predicted molar refractivity (Wildman–Crippen MR) is 82.2 cm³/mol. The lowest BCUT2D eigenvalue weighted by Gasteiger charge is -2.09. The molecule has 7 nitrogen and oxygen atoms in total. The monoisotopic (exact) mass is 305 g/mol. The zero-order valence-corrected chi connectivity index (χ0v) is 13.4. The van der Waals surface area contributed by atoms with E-state index < -0.39 is 0 Å². The predicted octanol–water partition coefficient (Wildman–Crippen LogP) is -0.643. The number of hydrogen-bond donors (Lipinski definition) is 3. The fraction of sp³-hybridized carbons (Fsp3) is 0.929. The number of ether oxygens (including phenoxy) is 3. The Morgan fingerprint density at radius 2 is 1.43 bits per heavy atom. The highest BCUT2D eigenvalue weighted by Crippen LogP contribution is 1.89. The van der Waals surface area contributed by atoms with Crippen molar-refractivity contribution in [2.75, 3.05) is 65.8 Å². The summed E-state index contributed by atoms with van der Waals surface area (Å²) in [5.74, 6) is 0.0803. The molecule has 0 atom stereocenters. The Hall–Kier alpha value is -0.730. The van der Waals surface area contributed by atoms with E-state index in [0.29, 0.717) is 52.7 Å². The second-order valence-electron chi connectivity index (χ2n) is 4.82. The van der Waals surface area contributed by atoms with E-state index in [-0.39, 0.29) is 11.8 Å². The molecule has 0 saturated carbocycles. The van der Waals surface area contributed by atoms with Crippen LogP contribution in [0, 0.1) is 5.92 Å². The van der Waals surface area contributed by atoms with Crippen molar-refractivity contribution in [3.8, 4) is 0 Å². The third-order valence-corrected chi connectivity index (χ3v) is 2.55. The molecule has 7 heteroatoms.